The molecule has 2 heterocycles. The Morgan fingerprint density at radius 1 is 0.635 bits per heavy atom. The lowest BCUT2D eigenvalue weighted by molar-refractivity contribution is -0.343. The third kappa shape index (κ3) is 21.2. The normalized spacial score (nSPS) is 20.9. The zero-order valence-electron chi connectivity index (χ0n) is 45.3. The van der Waals surface area contributed by atoms with Crippen LogP contribution in [0.2, 0.25) is 0 Å². The van der Waals surface area contributed by atoms with E-state index in [9.17, 15) is 13.6 Å². The van der Waals surface area contributed by atoms with Crippen molar-refractivity contribution in [2.24, 2.45) is 11.8 Å². The maximum atomic E-state index is 14.2. The molecule has 4 aromatic carbocycles. The Kier molecular flexibility index (Phi) is 27.7. The molecule has 2 aliphatic rings. The summed E-state index contributed by atoms with van der Waals surface area (Å²) in [7, 11) is 0. The first-order valence-corrected chi connectivity index (χ1v) is 28.9. The fourth-order valence-corrected chi connectivity index (χ4v) is 10.6. The van der Waals surface area contributed by atoms with Crippen LogP contribution in [0.15, 0.2) is 109 Å². The van der Waals surface area contributed by atoms with E-state index in [1.54, 1.807) is 6.07 Å². The SMILES string of the molecule is CCCCCCCCCCCCCC[C@@H](OCc1ccccc1)[C@@H](OCc1ccccc1)[C@H](CO[C@H]1OC2COC(c3ccccc3)O[C@@H]2[C@H](C)C1C)NC(=O)CCCCCCCCCCc1ccc(F)cc1F. The molecule has 74 heavy (non-hydrogen) atoms. The van der Waals surface area contributed by atoms with Crippen LogP contribution < -0.4 is 5.32 Å². The second-order valence-electron chi connectivity index (χ2n) is 21.3. The molecule has 1 N–H and O–H groups in total. The minimum Gasteiger partial charge on any atom is -0.371 e. The van der Waals surface area contributed by atoms with Crippen molar-refractivity contribution in [1.82, 2.24) is 5.32 Å². The first kappa shape index (κ1) is 59.2. The Hall–Kier alpha value is -4.03. The Morgan fingerprint density at radius 3 is 1.80 bits per heavy atom. The number of benzene rings is 4. The van der Waals surface area contributed by atoms with Gasteiger partial charge in [-0.25, -0.2) is 8.78 Å². The van der Waals surface area contributed by atoms with Gasteiger partial charge in [0.05, 0.1) is 44.7 Å². The molecule has 0 radical (unpaired) electrons. The van der Waals surface area contributed by atoms with Crippen LogP contribution in [0.1, 0.15) is 191 Å². The standard InChI is InChI=1S/C64H91F2NO7/c1-4-5-6-7-8-9-10-11-12-16-19-31-40-58(69-45-51-33-24-21-25-34-51)62(70-46-52-35-26-22-27-36-52)57(67-60(68)41-32-20-17-14-13-15-18-28-37-53-42-43-55(65)44-56(53)66)47-71-63-50(3)49(2)61-59(73-63)48-72-64(74-61)54-38-29-23-30-39-54/h21-27,29-30,33-36,38-39,42-44,49-50,57-59,61-64H,4-20,28,31-32,37,40-41,45-48H2,1-3H3,(H,67,68)/t49-,50?,57+,58-,59?,61-,62+,63+,64?/m1/s1. The summed E-state index contributed by atoms with van der Waals surface area (Å²) in [6.07, 6.45) is 22.6. The first-order chi connectivity index (χ1) is 36.3. The Labute approximate surface area is 444 Å². The van der Waals surface area contributed by atoms with Gasteiger partial charge in [-0.1, -0.05) is 233 Å². The van der Waals surface area contributed by atoms with Crippen molar-refractivity contribution >= 4 is 5.91 Å². The number of carbonyl (C=O) groups is 1. The number of nitrogens with one attached hydrogen (secondary N) is 1. The minimum absolute atomic E-state index is 0.00482. The zero-order valence-corrected chi connectivity index (χ0v) is 45.3. The van der Waals surface area contributed by atoms with Crippen molar-refractivity contribution in [1.29, 1.82) is 0 Å². The molecular formula is C64H91F2NO7. The number of hydrogen-bond acceptors (Lipinski definition) is 7. The number of ether oxygens (including phenoxy) is 6. The lowest BCUT2D eigenvalue weighted by atomic mass is 9.84. The van der Waals surface area contributed by atoms with Crippen molar-refractivity contribution in [2.75, 3.05) is 13.2 Å². The van der Waals surface area contributed by atoms with Crippen LogP contribution in [0.3, 0.4) is 0 Å². The van der Waals surface area contributed by atoms with Gasteiger partial charge in [0.1, 0.15) is 23.8 Å². The fraction of sp³-hybridized carbons (Fsp3) is 0.609. The number of aryl methyl sites for hydroxylation is 1. The third-order valence-electron chi connectivity index (χ3n) is 15.3. The van der Waals surface area contributed by atoms with E-state index in [-0.39, 0.29) is 42.7 Å². The van der Waals surface area contributed by atoms with Crippen molar-refractivity contribution < 1.29 is 42.0 Å². The molecule has 2 fully saturated rings. The number of carbonyl (C=O) groups excluding carboxylic acids is 1. The average molecular weight is 1020 g/mol. The van der Waals surface area contributed by atoms with E-state index >= 15 is 0 Å². The maximum Gasteiger partial charge on any atom is 0.220 e. The number of halogens is 2. The summed E-state index contributed by atoms with van der Waals surface area (Å²) in [5.41, 5.74) is 3.70. The molecule has 0 bridgehead atoms. The Balaban J connectivity index is 1.10. The predicted molar refractivity (Wildman–Crippen MR) is 292 cm³/mol. The van der Waals surface area contributed by atoms with Crippen LogP contribution in [-0.2, 0) is 52.9 Å². The van der Waals surface area contributed by atoms with Crippen LogP contribution in [0.25, 0.3) is 0 Å². The van der Waals surface area contributed by atoms with E-state index in [0.29, 0.717) is 38.2 Å². The van der Waals surface area contributed by atoms with Gasteiger partial charge in [0.15, 0.2) is 12.6 Å². The van der Waals surface area contributed by atoms with E-state index in [4.69, 9.17) is 28.4 Å². The average Bonchev–Trinajstić information content (AvgIpc) is 3.42. The Bertz CT molecular complexity index is 2080. The van der Waals surface area contributed by atoms with Gasteiger partial charge in [-0.05, 0) is 54.4 Å². The number of rotatable bonds is 37. The summed E-state index contributed by atoms with van der Waals surface area (Å²) in [6, 6.07) is 33.9. The molecule has 0 aromatic heterocycles. The quantitative estimate of drug-likeness (QED) is 0.0451. The Morgan fingerprint density at radius 2 is 1.19 bits per heavy atom. The lowest BCUT2D eigenvalue weighted by Crippen LogP contribution is -2.57. The third-order valence-corrected chi connectivity index (χ3v) is 15.3. The summed E-state index contributed by atoms with van der Waals surface area (Å²) in [6.45, 7) is 7.99. The van der Waals surface area contributed by atoms with Gasteiger partial charge in [-0.2, -0.15) is 0 Å². The van der Waals surface area contributed by atoms with Gasteiger partial charge in [0.2, 0.25) is 5.91 Å². The van der Waals surface area contributed by atoms with Gasteiger partial charge in [-0.15, -0.1) is 0 Å². The van der Waals surface area contributed by atoms with E-state index in [1.165, 1.54) is 70.3 Å². The molecular weight excluding hydrogens is 933 g/mol. The van der Waals surface area contributed by atoms with Crippen LogP contribution in [0, 0.1) is 23.5 Å². The summed E-state index contributed by atoms with van der Waals surface area (Å²) in [5.74, 6) is -0.915. The van der Waals surface area contributed by atoms with E-state index < -0.39 is 36.4 Å². The molecule has 1 amide bonds. The molecule has 9 atom stereocenters. The smallest absolute Gasteiger partial charge is 0.220 e. The second kappa shape index (κ2) is 34.6. The highest BCUT2D eigenvalue weighted by atomic mass is 19.1. The van der Waals surface area contributed by atoms with Crippen molar-refractivity contribution in [3.63, 3.8) is 0 Å². The van der Waals surface area contributed by atoms with Crippen LogP contribution in [0.5, 0.6) is 0 Å². The molecule has 0 aliphatic carbocycles. The molecule has 0 saturated carbocycles. The summed E-state index contributed by atoms with van der Waals surface area (Å²) in [4.78, 5) is 14.2. The molecule has 408 valence electrons. The summed E-state index contributed by atoms with van der Waals surface area (Å²) < 4.78 is 67.8. The number of hydrogen-bond donors (Lipinski definition) is 1. The number of amides is 1. The van der Waals surface area contributed by atoms with Gasteiger partial charge in [0, 0.05) is 24.0 Å². The second-order valence-corrected chi connectivity index (χ2v) is 21.3. The molecule has 0 spiro atoms. The molecule has 3 unspecified atom stereocenters. The monoisotopic (exact) mass is 1020 g/mol. The van der Waals surface area contributed by atoms with Gasteiger partial charge >= 0.3 is 0 Å². The van der Waals surface area contributed by atoms with Crippen LogP contribution in [-0.4, -0.2) is 55.9 Å². The van der Waals surface area contributed by atoms with Crippen molar-refractivity contribution in [3.05, 3.63) is 143 Å². The summed E-state index contributed by atoms with van der Waals surface area (Å²) >= 11 is 0. The number of unbranched alkanes of at least 4 members (excludes halogenated alkanes) is 18. The topological polar surface area (TPSA) is 84.5 Å². The molecule has 10 heteroatoms. The maximum absolute atomic E-state index is 14.2. The highest BCUT2D eigenvalue weighted by molar-refractivity contribution is 5.76. The molecule has 2 aliphatic heterocycles. The van der Waals surface area contributed by atoms with Gasteiger partial charge in [-0.3, -0.25) is 4.79 Å². The van der Waals surface area contributed by atoms with E-state index in [2.05, 4.69) is 50.4 Å². The number of fused-ring (bicyclic) bond motifs is 1. The van der Waals surface area contributed by atoms with Crippen LogP contribution in [0.4, 0.5) is 8.78 Å². The first-order valence-electron chi connectivity index (χ1n) is 28.9. The lowest BCUT2D eigenvalue weighted by Gasteiger charge is -2.48. The highest BCUT2D eigenvalue weighted by Crippen LogP contribution is 2.40. The zero-order chi connectivity index (χ0) is 52.0. The van der Waals surface area contributed by atoms with Crippen LogP contribution >= 0.6 is 0 Å². The van der Waals surface area contributed by atoms with Gasteiger partial charge in [0.25, 0.3) is 0 Å². The fourth-order valence-electron chi connectivity index (χ4n) is 10.6. The highest BCUT2D eigenvalue weighted by Gasteiger charge is 2.47. The molecule has 2 saturated heterocycles. The van der Waals surface area contributed by atoms with Crippen molar-refractivity contribution in [3.8, 4) is 0 Å². The summed E-state index contributed by atoms with van der Waals surface area (Å²) in [5, 5.41) is 3.45. The van der Waals surface area contributed by atoms with Crippen molar-refractivity contribution in [2.45, 2.75) is 225 Å². The molecule has 4 aromatic rings. The van der Waals surface area contributed by atoms with Gasteiger partial charge < -0.3 is 33.7 Å². The predicted octanol–water partition coefficient (Wildman–Crippen LogP) is 15.9. The van der Waals surface area contributed by atoms with E-state index in [1.807, 2.05) is 66.7 Å². The molecule has 6 rings (SSSR count). The largest absolute Gasteiger partial charge is 0.371 e. The van der Waals surface area contributed by atoms with E-state index in [0.717, 1.165) is 93.4 Å². The molecule has 8 nitrogen and oxygen atoms in total. The minimum atomic E-state index is -0.551.